The van der Waals surface area contributed by atoms with Gasteiger partial charge in [0.25, 0.3) is 0 Å². The summed E-state index contributed by atoms with van der Waals surface area (Å²) >= 11 is 6.58. The Morgan fingerprint density at radius 3 is 2.61 bits per heavy atom. The number of halogens is 1. The lowest BCUT2D eigenvalue weighted by molar-refractivity contribution is -0.129. The van der Waals surface area contributed by atoms with Crippen LogP contribution in [0, 0.1) is 0 Å². The number of aromatic amines is 1. The molecule has 2 heterocycles. The van der Waals surface area contributed by atoms with Crippen molar-refractivity contribution >= 4 is 28.4 Å². The second-order valence-electron chi connectivity index (χ2n) is 7.55. The van der Waals surface area contributed by atoms with E-state index in [2.05, 4.69) is 46.8 Å². The van der Waals surface area contributed by atoms with Crippen LogP contribution in [0.4, 0.5) is 0 Å². The number of likely N-dealkylation sites (tertiary alicyclic amines) is 1. The maximum absolute atomic E-state index is 11.6. The topological polar surface area (TPSA) is 48.1 Å². The van der Waals surface area contributed by atoms with Gasteiger partial charge in [-0.2, -0.15) is 0 Å². The average Bonchev–Trinajstić information content (AvgIpc) is 3.14. The molecule has 1 saturated heterocycles. The number of H-pyrrole nitrogens is 1. The molecule has 28 heavy (non-hydrogen) atoms. The Morgan fingerprint density at radius 2 is 1.86 bits per heavy atom. The van der Waals surface area contributed by atoms with Gasteiger partial charge in [-0.05, 0) is 36.1 Å². The van der Waals surface area contributed by atoms with Crippen molar-refractivity contribution < 1.29 is 4.79 Å². The van der Waals surface area contributed by atoms with E-state index in [9.17, 15) is 4.79 Å². The van der Waals surface area contributed by atoms with E-state index in [-0.39, 0.29) is 11.8 Å². The Hall–Kier alpha value is -2.30. The van der Waals surface area contributed by atoms with Crippen molar-refractivity contribution in [1.29, 1.82) is 0 Å². The summed E-state index contributed by atoms with van der Waals surface area (Å²) in [6, 6.07) is 16.9. The highest BCUT2D eigenvalue weighted by atomic mass is 35.5. The van der Waals surface area contributed by atoms with Gasteiger partial charge in [0.2, 0.25) is 5.91 Å². The van der Waals surface area contributed by atoms with Crippen molar-refractivity contribution in [3.63, 3.8) is 0 Å². The molecule has 5 heteroatoms. The van der Waals surface area contributed by atoms with Crippen molar-refractivity contribution in [2.24, 2.45) is 0 Å². The molecular weight excluding hydrogens is 370 g/mol. The van der Waals surface area contributed by atoms with Gasteiger partial charge in [0.05, 0.1) is 0 Å². The molecule has 0 aliphatic carbocycles. The van der Waals surface area contributed by atoms with Gasteiger partial charge in [0.15, 0.2) is 0 Å². The molecule has 0 radical (unpaired) electrons. The monoisotopic (exact) mass is 395 g/mol. The first-order valence-corrected chi connectivity index (χ1v) is 10.3. The van der Waals surface area contributed by atoms with Gasteiger partial charge in [0.1, 0.15) is 0 Å². The predicted octanol–water partition coefficient (Wildman–Crippen LogP) is 4.55. The number of aromatic nitrogens is 1. The van der Waals surface area contributed by atoms with E-state index in [0.29, 0.717) is 6.04 Å². The molecule has 2 aromatic carbocycles. The number of carbonyl (C=O) groups is 1. The Bertz CT molecular complexity index is 959. The zero-order valence-corrected chi connectivity index (χ0v) is 16.9. The van der Waals surface area contributed by atoms with Crippen molar-refractivity contribution in [3.05, 3.63) is 70.9 Å². The van der Waals surface area contributed by atoms with Crippen LogP contribution >= 0.6 is 11.6 Å². The molecule has 3 aromatic rings. The summed E-state index contributed by atoms with van der Waals surface area (Å²) in [5.41, 5.74) is 3.55. The SMILES string of the molecule is CC(=O)N1CCC(NCC(c2ccccc2Cl)c2c[nH]c3ccccc23)CC1. The van der Waals surface area contributed by atoms with Crippen LogP contribution in [0.25, 0.3) is 10.9 Å². The molecule has 0 bridgehead atoms. The van der Waals surface area contributed by atoms with Gasteiger partial charge < -0.3 is 15.2 Å². The second-order valence-corrected chi connectivity index (χ2v) is 7.96. The quantitative estimate of drug-likeness (QED) is 0.665. The van der Waals surface area contributed by atoms with E-state index in [0.717, 1.165) is 48.6 Å². The number of amides is 1. The highest BCUT2D eigenvalue weighted by Gasteiger charge is 2.24. The highest BCUT2D eigenvalue weighted by molar-refractivity contribution is 6.31. The van der Waals surface area contributed by atoms with Gasteiger partial charge >= 0.3 is 0 Å². The number of para-hydroxylation sites is 1. The summed E-state index contributed by atoms with van der Waals surface area (Å²) in [7, 11) is 0. The second kappa shape index (κ2) is 8.38. The van der Waals surface area contributed by atoms with Gasteiger partial charge in [-0.15, -0.1) is 0 Å². The smallest absolute Gasteiger partial charge is 0.219 e. The maximum Gasteiger partial charge on any atom is 0.219 e. The summed E-state index contributed by atoms with van der Waals surface area (Å²) in [6.07, 6.45) is 4.09. The first-order valence-electron chi connectivity index (χ1n) is 9.93. The summed E-state index contributed by atoms with van der Waals surface area (Å²) < 4.78 is 0. The Labute approximate surface area is 170 Å². The average molecular weight is 396 g/mol. The predicted molar refractivity (Wildman–Crippen MR) is 115 cm³/mol. The Kier molecular flexibility index (Phi) is 5.69. The minimum atomic E-state index is 0.163. The summed E-state index contributed by atoms with van der Waals surface area (Å²) in [4.78, 5) is 16.9. The fourth-order valence-electron chi connectivity index (χ4n) is 4.21. The van der Waals surface area contributed by atoms with E-state index in [4.69, 9.17) is 11.6 Å². The van der Waals surface area contributed by atoms with Crippen LogP contribution in [-0.2, 0) is 4.79 Å². The lowest BCUT2D eigenvalue weighted by Crippen LogP contribution is -2.45. The summed E-state index contributed by atoms with van der Waals surface area (Å²) in [5, 5.41) is 5.78. The van der Waals surface area contributed by atoms with Crippen molar-refractivity contribution in [2.45, 2.75) is 31.7 Å². The molecule has 1 atom stereocenters. The number of carbonyl (C=O) groups excluding carboxylic acids is 1. The molecule has 1 fully saturated rings. The molecular formula is C23H26ClN3O. The number of benzene rings is 2. The van der Waals surface area contributed by atoms with Crippen LogP contribution in [0.1, 0.15) is 36.8 Å². The third kappa shape index (κ3) is 3.94. The summed E-state index contributed by atoms with van der Waals surface area (Å²) in [6.45, 7) is 4.13. The Morgan fingerprint density at radius 1 is 1.14 bits per heavy atom. The Balaban J connectivity index is 1.56. The lowest BCUT2D eigenvalue weighted by Gasteiger charge is -2.33. The third-order valence-corrected chi connectivity index (χ3v) is 6.17. The van der Waals surface area contributed by atoms with E-state index < -0.39 is 0 Å². The largest absolute Gasteiger partial charge is 0.361 e. The number of nitrogens with zero attached hydrogens (tertiary/aromatic N) is 1. The number of piperidine rings is 1. The molecule has 4 nitrogen and oxygen atoms in total. The lowest BCUT2D eigenvalue weighted by atomic mass is 9.90. The molecule has 1 aliphatic heterocycles. The van der Waals surface area contributed by atoms with Crippen molar-refractivity contribution in [3.8, 4) is 0 Å². The first kappa shape index (κ1) is 19.0. The number of rotatable bonds is 5. The van der Waals surface area contributed by atoms with Crippen LogP contribution in [-0.4, -0.2) is 41.5 Å². The molecule has 1 aliphatic rings. The van der Waals surface area contributed by atoms with Crippen molar-refractivity contribution in [2.75, 3.05) is 19.6 Å². The number of nitrogens with one attached hydrogen (secondary N) is 2. The van der Waals surface area contributed by atoms with Crippen LogP contribution in [0.3, 0.4) is 0 Å². The van der Waals surface area contributed by atoms with Gasteiger partial charge in [-0.25, -0.2) is 0 Å². The number of hydrogen-bond acceptors (Lipinski definition) is 2. The minimum absolute atomic E-state index is 0.163. The fourth-order valence-corrected chi connectivity index (χ4v) is 4.48. The van der Waals surface area contributed by atoms with Crippen molar-refractivity contribution in [1.82, 2.24) is 15.2 Å². The minimum Gasteiger partial charge on any atom is -0.361 e. The third-order valence-electron chi connectivity index (χ3n) is 5.83. The molecule has 0 spiro atoms. The molecule has 1 aromatic heterocycles. The fraction of sp³-hybridized carbons (Fsp3) is 0.348. The number of fused-ring (bicyclic) bond motifs is 1. The maximum atomic E-state index is 11.6. The molecule has 146 valence electrons. The first-order chi connectivity index (χ1) is 13.6. The molecule has 4 rings (SSSR count). The molecule has 2 N–H and O–H groups in total. The van der Waals surface area contributed by atoms with E-state index in [1.54, 1.807) is 6.92 Å². The zero-order chi connectivity index (χ0) is 19.5. The van der Waals surface area contributed by atoms with Crippen LogP contribution in [0.5, 0.6) is 0 Å². The van der Waals surface area contributed by atoms with E-state index in [1.165, 1.54) is 10.9 Å². The molecule has 1 unspecified atom stereocenters. The van der Waals surface area contributed by atoms with Gasteiger partial charge in [-0.1, -0.05) is 48.0 Å². The van der Waals surface area contributed by atoms with Crippen LogP contribution < -0.4 is 5.32 Å². The molecule has 1 amide bonds. The van der Waals surface area contributed by atoms with Crippen LogP contribution in [0.15, 0.2) is 54.7 Å². The van der Waals surface area contributed by atoms with Gasteiger partial charge in [0, 0.05) is 60.6 Å². The normalized spacial score (nSPS) is 16.4. The van der Waals surface area contributed by atoms with Crippen LogP contribution in [0.2, 0.25) is 5.02 Å². The zero-order valence-electron chi connectivity index (χ0n) is 16.1. The van der Waals surface area contributed by atoms with E-state index in [1.807, 2.05) is 23.1 Å². The van der Waals surface area contributed by atoms with E-state index >= 15 is 0 Å². The standard InChI is InChI=1S/C23H26ClN3O/c1-16(28)27-12-10-17(11-13-27)25-14-20(18-6-2-4-8-22(18)24)21-15-26-23-9-5-3-7-19(21)23/h2-9,15,17,20,25-26H,10-14H2,1H3. The number of hydrogen-bond donors (Lipinski definition) is 2. The highest BCUT2D eigenvalue weighted by Crippen LogP contribution is 2.34. The molecule has 0 saturated carbocycles. The summed E-state index contributed by atoms with van der Waals surface area (Å²) in [5.74, 6) is 0.335. The van der Waals surface area contributed by atoms with Gasteiger partial charge in [-0.3, -0.25) is 4.79 Å².